The van der Waals surface area contributed by atoms with Crippen molar-refractivity contribution in [1.82, 2.24) is 5.32 Å². The number of nitrogens with zero attached hydrogens (tertiary/aromatic N) is 1. The van der Waals surface area contributed by atoms with Gasteiger partial charge in [-0.1, -0.05) is 19.9 Å². The summed E-state index contributed by atoms with van der Waals surface area (Å²) in [7, 11) is 0. The molecule has 2 nitrogen and oxygen atoms in total. The van der Waals surface area contributed by atoms with Crippen LogP contribution in [0.5, 0.6) is 0 Å². The fraction of sp³-hybridized carbons (Fsp3) is 0.571. The maximum Gasteiger partial charge on any atom is 0.0387 e. The zero-order chi connectivity index (χ0) is 12.4. The number of anilines is 1. The standard InChI is InChI=1S/C14H21IN2/c1-10(2)14-9-17(11(3)8-16-14)13-6-4-5-12(15)7-13/h4-7,10-11,14,16H,8-9H2,1-3H3. The SMILES string of the molecule is CC(C)C1CN(c2cccc(I)c2)C(C)CN1. The lowest BCUT2D eigenvalue weighted by molar-refractivity contribution is 0.337. The predicted octanol–water partition coefficient (Wildman–Crippen LogP) is 3.11. The second-order valence-corrected chi connectivity index (χ2v) is 6.49. The van der Waals surface area contributed by atoms with Gasteiger partial charge < -0.3 is 10.2 Å². The van der Waals surface area contributed by atoms with Gasteiger partial charge in [-0.25, -0.2) is 0 Å². The minimum absolute atomic E-state index is 0.572. The van der Waals surface area contributed by atoms with Gasteiger partial charge in [0, 0.05) is 34.4 Å². The van der Waals surface area contributed by atoms with Crippen molar-refractivity contribution in [3.05, 3.63) is 27.8 Å². The van der Waals surface area contributed by atoms with E-state index in [9.17, 15) is 0 Å². The Morgan fingerprint density at radius 1 is 1.41 bits per heavy atom. The molecule has 0 spiro atoms. The molecule has 1 aliphatic rings. The van der Waals surface area contributed by atoms with Crippen LogP contribution < -0.4 is 10.2 Å². The van der Waals surface area contributed by atoms with Crippen molar-refractivity contribution in [2.24, 2.45) is 5.92 Å². The second-order valence-electron chi connectivity index (χ2n) is 5.24. The molecule has 2 unspecified atom stereocenters. The third-order valence-electron chi connectivity index (χ3n) is 3.55. The molecule has 0 amide bonds. The molecule has 0 radical (unpaired) electrons. The highest BCUT2D eigenvalue weighted by molar-refractivity contribution is 14.1. The van der Waals surface area contributed by atoms with E-state index in [2.05, 4.69) is 77.8 Å². The molecule has 2 rings (SSSR count). The monoisotopic (exact) mass is 344 g/mol. The number of rotatable bonds is 2. The summed E-state index contributed by atoms with van der Waals surface area (Å²) in [6, 6.07) is 9.97. The van der Waals surface area contributed by atoms with Crippen molar-refractivity contribution >= 4 is 28.3 Å². The molecule has 2 atom stereocenters. The van der Waals surface area contributed by atoms with Crippen LogP contribution in [0.25, 0.3) is 0 Å². The molecular formula is C14H21IN2. The topological polar surface area (TPSA) is 15.3 Å². The smallest absolute Gasteiger partial charge is 0.0387 e. The molecule has 1 heterocycles. The van der Waals surface area contributed by atoms with Gasteiger partial charge in [0.25, 0.3) is 0 Å². The lowest BCUT2D eigenvalue weighted by Gasteiger charge is -2.42. The quantitative estimate of drug-likeness (QED) is 0.830. The molecule has 0 bridgehead atoms. The van der Waals surface area contributed by atoms with E-state index in [-0.39, 0.29) is 0 Å². The first kappa shape index (κ1) is 13.1. The Morgan fingerprint density at radius 3 is 2.82 bits per heavy atom. The van der Waals surface area contributed by atoms with E-state index in [0.717, 1.165) is 13.1 Å². The van der Waals surface area contributed by atoms with Gasteiger partial charge in [0.05, 0.1) is 0 Å². The number of benzene rings is 1. The van der Waals surface area contributed by atoms with Crippen LogP contribution in [0.3, 0.4) is 0 Å². The van der Waals surface area contributed by atoms with Crippen molar-refractivity contribution in [3.8, 4) is 0 Å². The van der Waals surface area contributed by atoms with Crippen LogP contribution in [0.4, 0.5) is 5.69 Å². The average Bonchev–Trinajstić information content (AvgIpc) is 2.29. The van der Waals surface area contributed by atoms with Gasteiger partial charge in [-0.3, -0.25) is 0 Å². The third kappa shape index (κ3) is 3.13. The van der Waals surface area contributed by atoms with E-state index in [1.807, 2.05) is 0 Å². The molecule has 1 N–H and O–H groups in total. The van der Waals surface area contributed by atoms with E-state index in [0.29, 0.717) is 18.0 Å². The first-order chi connectivity index (χ1) is 8.08. The van der Waals surface area contributed by atoms with Crippen molar-refractivity contribution in [2.75, 3.05) is 18.0 Å². The summed E-state index contributed by atoms with van der Waals surface area (Å²) in [5.41, 5.74) is 1.36. The van der Waals surface area contributed by atoms with Crippen molar-refractivity contribution in [3.63, 3.8) is 0 Å². The highest BCUT2D eigenvalue weighted by Gasteiger charge is 2.26. The Hall–Kier alpha value is -0.290. The zero-order valence-electron chi connectivity index (χ0n) is 10.8. The van der Waals surface area contributed by atoms with Crippen LogP contribution >= 0.6 is 22.6 Å². The van der Waals surface area contributed by atoms with Gasteiger partial charge in [-0.2, -0.15) is 0 Å². The number of nitrogens with one attached hydrogen (secondary N) is 1. The summed E-state index contributed by atoms with van der Waals surface area (Å²) in [5.74, 6) is 0.688. The zero-order valence-corrected chi connectivity index (χ0v) is 12.9. The maximum absolute atomic E-state index is 3.64. The maximum atomic E-state index is 3.64. The molecule has 1 aromatic rings. The van der Waals surface area contributed by atoms with Gasteiger partial charge in [-0.05, 0) is 53.6 Å². The summed E-state index contributed by atoms with van der Waals surface area (Å²) in [5, 5.41) is 3.64. The summed E-state index contributed by atoms with van der Waals surface area (Å²) in [4.78, 5) is 2.53. The summed E-state index contributed by atoms with van der Waals surface area (Å²) in [6.07, 6.45) is 0. The highest BCUT2D eigenvalue weighted by Crippen LogP contribution is 2.23. The Labute approximate surface area is 118 Å². The first-order valence-electron chi connectivity index (χ1n) is 6.33. The first-order valence-corrected chi connectivity index (χ1v) is 7.41. The summed E-state index contributed by atoms with van der Waals surface area (Å²) in [6.45, 7) is 9.07. The van der Waals surface area contributed by atoms with Crippen LogP contribution in [0.15, 0.2) is 24.3 Å². The molecule has 0 saturated carbocycles. The number of halogens is 1. The van der Waals surface area contributed by atoms with Crippen LogP contribution in [-0.2, 0) is 0 Å². The normalized spacial score (nSPS) is 25.4. The molecule has 1 aromatic carbocycles. The molecule has 1 saturated heterocycles. The second kappa shape index (κ2) is 5.57. The molecule has 17 heavy (non-hydrogen) atoms. The minimum Gasteiger partial charge on any atom is -0.366 e. The average molecular weight is 344 g/mol. The van der Waals surface area contributed by atoms with Gasteiger partial charge in [0.1, 0.15) is 0 Å². The van der Waals surface area contributed by atoms with E-state index in [4.69, 9.17) is 0 Å². The predicted molar refractivity (Wildman–Crippen MR) is 82.6 cm³/mol. The van der Waals surface area contributed by atoms with Gasteiger partial charge in [-0.15, -0.1) is 0 Å². The Balaban J connectivity index is 2.18. The third-order valence-corrected chi connectivity index (χ3v) is 4.22. The number of hydrogen-bond acceptors (Lipinski definition) is 2. The fourth-order valence-electron chi connectivity index (χ4n) is 2.35. The van der Waals surface area contributed by atoms with Crippen LogP contribution in [-0.4, -0.2) is 25.2 Å². The summed E-state index contributed by atoms with van der Waals surface area (Å²) < 4.78 is 1.31. The summed E-state index contributed by atoms with van der Waals surface area (Å²) >= 11 is 2.38. The highest BCUT2D eigenvalue weighted by atomic mass is 127. The molecule has 1 fully saturated rings. The van der Waals surface area contributed by atoms with Crippen LogP contribution in [0.1, 0.15) is 20.8 Å². The van der Waals surface area contributed by atoms with E-state index >= 15 is 0 Å². The van der Waals surface area contributed by atoms with Gasteiger partial charge in [0.15, 0.2) is 0 Å². The molecule has 0 aromatic heterocycles. The van der Waals surface area contributed by atoms with Crippen molar-refractivity contribution in [2.45, 2.75) is 32.9 Å². The minimum atomic E-state index is 0.572. The van der Waals surface area contributed by atoms with Gasteiger partial charge in [0.2, 0.25) is 0 Å². The lowest BCUT2D eigenvalue weighted by Crippen LogP contribution is -2.57. The molecule has 3 heteroatoms. The largest absolute Gasteiger partial charge is 0.366 e. The Morgan fingerprint density at radius 2 is 2.18 bits per heavy atom. The lowest BCUT2D eigenvalue weighted by atomic mass is 9.99. The molecule has 1 aliphatic heterocycles. The van der Waals surface area contributed by atoms with Crippen LogP contribution in [0, 0.1) is 9.49 Å². The Bertz CT molecular complexity index is 378. The van der Waals surface area contributed by atoms with E-state index in [1.54, 1.807) is 0 Å². The van der Waals surface area contributed by atoms with Crippen molar-refractivity contribution < 1.29 is 0 Å². The van der Waals surface area contributed by atoms with Crippen molar-refractivity contribution in [1.29, 1.82) is 0 Å². The van der Waals surface area contributed by atoms with Gasteiger partial charge >= 0.3 is 0 Å². The molecular weight excluding hydrogens is 323 g/mol. The fourth-order valence-corrected chi connectivity index (χ4v) is 2.88. The molecule has 0 aliphatic carbocycles. The number of piperazine rings is 1. The Kier molecular flexibility index (Phi) is 4.31. The molecule has 94 valence electrons. The number of hydrogen-bond donors (Lipinski definition) is 1. The van der Waals surface area contributed by atoms with E-state index < -0.39 is 0 Å². The van der Waals surface area contributed by atoms with Crippen LogP contribution in [0.2, 0.25) is 0 Å². The van der Waals surface area contributed by atoms with E-state index in [1.165, 1.54) is 9.26 Å².